The summed E-state index contributed by atoms with van der Waals surface area (Å²) in [7, 11) is 0. The van der Waals surface area contributed by atoms with Gasteiger partial charge in [-0.05, 0) is 35.1 Å². The second-order valence-corrected chi connectivity index (χ2v) is 3.42. The molecule has 0 atom stereocenters. The monoisotopic (exact) mass is 334 g/mol. The van der Waals surface area contributed by atoms with E-state index in [0.29, 0.717) is 0 Å². The summed E-state index contributed by atoms with van der Waals surface area (Å²) in [5.41, 5.74) is 1.34. The van der Waals surface area contributed by atoms with Gasteiger partial charge in [0.2, 0.25) is 0 Å². The summed E-state index contributed by atoms with van der Waals surface area (Å²) < 4.78 is 2.22. The van der Waals surface area contributed by atoms with Crippen LogP contribution in [0.1, 0.15) is 6.92 Å². The van der Waals surface area contributed by atoms with Gasteiger partial charge in [0.25, 0.3) is 0 Å². The van der Waals surface area contributed by atoms with Crippen molar-refractivity contribution in [3.8, 4) is 0 Å². The zero-order chi connectivity index (χ0) is 6.57. The van der Waals surface area contributed by atoms with Gasteiger partial charge in [-0.2, -0.15) is 0 Å². The number of allylic oxidation sites excluding steroid dienone is 3. The molecule has 0 heterocycles. The van der Waals surface area contributed by atoms with Crippen LogP contribution in [0.15, 0.2) is 21.8 Å². The third-order valence-electron chi connectivity index (χ3n) is 0.841. The van der Waals surface area contributed by atoms with Crippen LogP contribution in [0.25, 0.3) is 0 Å². The van der Waals surface area contributed by atoms with E-state index in [1.54, 1.807) is 0 Å². The van der Waals surface area contributed by atoms with Gasteiger partial charge >= 0.3 is 0 Å². The summed E-state index contributed by atoms with van der Waals surface area (Å²) in [5, 5.41) is 0. The average Bonchev–Trinajstić information content (AvgIpc) is 1.69. The van der Waals surface area contributed by atoms with Gasteiger partial charge < -0.3 is 0 Å². The molecular formula is C6H8I2. The van der Waals surface area contributed by atoms with E-state index in [9.17, 15) is 0 Å². The maximum atomic E-state index is 3.81. The van der Waals surface area contributed by atoms with E-state index in [1.807, 2.05) is 6.92 Å². The molecule has 0 nitrogen and oxygen atoms in total. The molecule has 8 heavy (non-hydrogen) atoms. The Bertz CT molecular complexity index is 114. The first-order valence-corrected chi connectivity index (χ1v) is 4.88. The van der Waals surface area contributed by atoms with Crippen molar-refractivity contribution in [2.45, 2.75) is 6.92 Å². The molecule has 0 amide bonds. The number of hydrogen-bond acceptors (Lipinski definition) is 0. The SMILES string of the molecule is C=C(I)/C(=C/C)CI. The van der Waals surface area contributed by atoms with Gasteiger partial charge in [-0.3, -0.25) is 0 Å². The second kappa shape index (κ2) is 4.78. The maximum Gasteiger partial charge on any atom is 0.0254 e. The molecule has 0 aromatic carbocycles. The molecule has 0 bridgehead atoms. The first-order chi connectivity index (χ1) is 3.72. The summed E-state index contributed by atoms with van der Waals surface area (Å²) >= 11 is 4.57. The van der Waals surface area contributed by atoms with Crippen molar-refractivity contribution in [2.24, 2.45) is 0 Å². The number of rotatable bonds is 2. The van der Waals surface area contributed by atoms with Gasteiger partial charge in [0.1, 0.15) is 0 Å². The van der Waals surface area contributed by atoms with E-state index in [4.69, 9.17) is 0 Å². The molecule has 0 radical (unpaired) electrons. The Morgan fingerprint density at radius 1 is 1.75 bits per heavy atom. The first kappa shape index (κ1) is 8.94. The molecule has 0 unspecified atom stereocenters. The Morgan fingerprint density at radius 2 is 2.25 bits per heavy atom. The van der Waals surface area contributed by atoms with Gasteiger partial charge in [0, 0.05) is 8.01 Å². The van der Waals surface area contributed by atoms with Crippen LogP contribution in [0.4, 0.5) is 0 Å². The van der Waals surface area contributed by atoms with Crippen molar-refractivity contribution >= 4 is 45.2 Å². The predicted molar refractivity (Wildman–Crippen MR) is 55.8 cm³/mol. The molecule has 46 valence electrons. The van der Waals surface area contributed by atoms with Crippen molar-refractivity contribution in [2.75, 3.05) is 4.43 Å². The predicted octanol–water partition coefficient (Wildman–Crippen LogP) is 3.32. The van der Waals surface area contributed by atoms with E-state index >= 15 is 0 Å². The lowest BCUT2D eigenvalue weighted by molar-refractivity contribution is 1.52. The molecule has 0 aliphatic carbocycles. The molecule has 0 aliphatic rings. The Kier molecular flexibility index (Phi) is 5.35. The van der Waals surface area contributed by atoms with Gasteiger partial charge in [-0.1, -0.05) is 35.2 Å². The highest BCUT2D eigenvalue weighted by molar-refractivity contribution is 14.1. The lowest BCUT2D eigenvalue weighted by Crippen LogP contribution is -1.79. The van der Waals surface area contributed by atoms with Crippen molar-refractivity contribution in [3.63, 3.8) is 0 Å². The summed E-state index contributed by atoms with van der Waals surface area (Å²) in [6.45, 7) is 5.85. The van der Waals surface area contributed by atoms with E-state index in [1.165, 1.54) is 5.57 Å². The molecule has 0 spiro atoms. The van der Waals surface area contributed by atoms with Crippen LogP contribution in [-0.4, -0.2) is 4.43 Å². The molecule has 0 fully saturated rings. The maximum absolute atomic E-state index is 3.81. The molecule has 0 saturated carbocycles. The summed E-state index contributed by atoms with van der Waals surface area (Å²) in [6.07, 6.45) is 2.10. The number of alkyl halides is 1. The molecule has 0 aromatic heterocycles. The van der Waals surface area contributed by atoms with Crippen LogP contribution in [-0.2, 0) is 0 Å². The zero-order valence-electron chi connectivity index (χ0n) is 4.75. The lowest BCUT2D eigenvalue weighted by atomic mass is 10.3. The Hall–Kier alpha value is 0.940. The summed E-state index contributed by atoms with van der Waals surface area (Å²) in [5.74, 6) is 0. The third-order valence-corrected chi connectivity index (χ3v) is 2.36. The van der Waals surface area contributed by atoms with E-state index < -0.39 is 0 Å². The van der Waals surface area contributed by atoms with E-state index in [0.717, 1.165) is 8.01 Å². The topological polar surface area (TPSA) is 0 Å². The molecule has 0 N–H and O–H groups in total. The summed E-state index contributed by atoms with van der Waals surface area (Å²) in [4.78, 5) is 0. The Balaban J connectivity index is 3.92. The number of halogens is 2. The molecule has 0 aliphatic heterocycles. The Morgan fingerprint density at radius 3 is 2.25 bits per heavy atom. The molecule has 0 rings (SSSR count). The largest absolute Gasteiger partial charge is 0.0853 e. The molecule has 2 heteroatoms. The highest BCUT2D eigenvalue weighted by Crippen LogP contribution is 2.16. The van der Waals surface area contributed by atoms with Crippen molar-refractivity contribution in [1.29, 1.82) is 0 Å². The van der Waals surface area contributed by atoms with Crippen molar-refractivity contribution < 1.29 is 0 Å². The normalized spacial score (nSPS) is 11.6. The van der Waals surface area contributed by atoms with Crippen LogP contribution in [0.2, 0.25) is 0 Å². The standard InChI is InChI=1S/C6H8I2/c1-3-6(4-7)5(2)8/h3H,2,4H2,1H3/b6-3+. The highest BCUT2D eigenvalue weighted by atomic mass is 127. The average molecular weight is 334 g/mol. The second-order valence-electron chi connectivity index (χ2n) is 1.35. The molecule has 0 aromatic rings. The quantitative estimate of drug-likeness (QED) is 0.413. The first-order valence-electron chi connectivity index (χ1n) is 2.28. The van der Waals surface area contributed by atoms with E-state index in [2.05, 4.69) is 57.8 Å². The fraction of sp³-hybridized carbons (Fsp3) is 0.333. The minimum atomic E-state index is 1.07. The fourth-order valence-electron chi connectivity index (χ4n) is 0.306. The smallest absolute Gasteiger partial charge is 0.0254 e. The van der Waals surface area contributed by atoms with Crippen LogP contribution in [0, 0.1) is 0 Å². The summed E-state index contributed by atoms with van der Waals surface area (Å²) in [6, 6.07) is 0. The van der Waals surface area contributed by atoms with Gasteiger partial charge in [0.05, 0.1) is 0 Å². The zero-order valence-corrected chi connectivity index (χ0v) is 9.06. The van der Waals surface area contributed by atoms with Gasteiger partial charge in [-0.25, -0.2) is 0 Å². The molecule has 0 saturated heterocycles. The highest BCUT2D eigenvalue weighted by Gasteiger charge is 1.91. The number of hydrogen-bond donors (Lipinski definition) is 0. The third kappa shape index (κ3) is 3.06. The van der Waals surface area contributed by atoms with Crippen LogP contribution < -0.4 is 0 Å². The lowest BCUT2D eigenvalue weighted by Gasteiger charge is -1.95. The van der Waals surface area contributed by atoms with Crippen molar-refractivity contribution in [3.05, 3.63) is 21.8 Å². The van der Waals surface area contributed by atoms with Crippen LogP contribution in [0.5, 0.6) is 0 Å². The van der Waals surface area contributed by atoms with Crippen LogP contribution >= 0.6 is 45.2 Å². The van der Waals surface area contributed by atoms with Crippen molar-refractivity contribution in [1.82, 2.24) is 0 Å². The molecular weight excluding hydrogens is 326 g/mol. The van der Waals surface area contributed by atoms with Gasteiger partial charge in [0.15, 0.2) is 0 Å². The van der Waals surface area contributed by atoms with Crippen LogP contribution in [0.3, 0.4) is 0 Å². The Labute approximate surface area is 77.7 Å². The minimum absolute atomic E-state index is 1.07. The van der Waals surface area contributed by atoms with E-state index in [-0.39, 0.29) is 0 Å². The minimum Gasteiger partial charge on any atom is -0.0853 e. The fourth-order valence-corrected chi connectivity index (χ4v) is 2.44. The van der Waals surface area contributed by atoms with Gasteiger partial charge in [-0.15, -0.1) is 0 Å².